The predicted octanol–water partition coefficient (Wildman–Crippen LogP) is 4.18. The van der Waals surface area contributed by atoms with E-state index >= 15 is 0 Å². The Hall–Kier alpha value is -3.43. The highest BCUT2D eigenvalue weighted by Gasteiger charge is 2.19. The minimum Gasteiger partial charge on any atom is -0.366 e. The number of H-pyrrole nitrogens is 1. The molecular weight excluding hydrogens is 437 g/mol. The number of hydrogen-bond donors (Lipinski definition) is 2. The molecule has 0 bridgehead atoms. The molecule has 0 fully saturated rings. The number of aromatic amines is 1. The highest BCUT2D eigenvalue weighted by atomic mass is 35.5. The van der Waals surface area contributed by atoms with Crippen LogP contribution in [0.4, 0.5) is 5.82 Å². The molecule has 0 spiro atoms. The molecule has 0 aliphatic rings. The van der Waals surface area contributed by atoms with E-state index in [4.69, 9.17) is 23.2 Å². The number of fused-ring (bicyclic) bond motifs is 1. The Morgan fingerprint density at radius 2 is 1.94 bits per heavy atom. The summed E-state index contributed by atoms with van der Waals surface area (Å²) in [6.45, 7) is 2.71. The highest BCUT2D eigenvalue weighted by molar-refractivity contribution is 6.36. The van der Waals surface area contributed by atoms with Gasteiger partial charge in [0.2, 0.25) is 5.82 Å². The van der Waals surface area contributed by atoms with Crippen molar-refractivity contribution in [1.29, 1.82) is 0 Å². The van der Waals surface area contributed by atoms with Gasteiger partial charge in [-0.05, 0) is 35.4 Å². The molecule has 156 valence electrons. The van der Waals surface area contributed by atoms with Gasteiger partial charge in [-0.1, -0.05) is 42.3 Å². The first kappa shape index (κ1) is 19.5. The van der Waals surface area contributed by atoms with Crippen molar-refractivity contribution in [2.24, 2.45) is 0 Å². The minimum absolute atomic E-state index is 0.371. The Bertz CT molecular complexity index is 1340. The van der Waals surface area contributed by atoms with E-state index < -0.39 is 0 Å². The Balaban J connectivity index is 1.41. The van der Waals surface area contributed by atoms with Gasteiger partial charge in [-0.25, -0.2) is 4.98 Å². The second-order valence-electron chi connectivity index (χ2n) is 6.84. The first-order valence-corrected chi connectivity index (χ1v) is 10.4. The zero-order valence-electron chi connectivity index (χ0n) is 16.4. The third-order valence-electron chi connectivity index (χ3n) is 4.91. The lowest BCUT2D eigenvalue weighted by Gasteiger charge is -2.12. The van der Waals surface area contributed by atoms with E-state index in [0.717, 1.165) is 34.8 Å². The SMILES string of the molecule is CCc1cc(NCc2ccc(-n3c(Cl)cc(Cl)c3-c3nn[nH]n3)cc2)n2nccc2n1. The number of hydrogen-bond acceptors (Lipinski definition) is 6. The summed E-state index contributed by atoms with van der Waals surface area (Å²) in [7, 11) is 0. The number of nitrogens with one attached hydrogen (secondary N) is 2. The van der Waals surface area contributed by atoms with Crippen LogP contribution in [-0.4, -0.2) is 39.8 Å². The summed E-state index contributed by atoms with van der Waals surface area (Å²) >= 11 is 12.8. The molecule has 5 aromatic rings. The molecule has 0 amide bonds. The van der Waals surface area contributed by atoms with E-state index in [0.29, 0.717) is 28.2 Å². The van der Waals surface area contributed by atoms with Gasteiger partial charge in [0.1, 0.15) is 16.7 Å². The van der Waals surface area contributed by atoms with Crippen molar-refractivity contribution in [3.8, 4) is 17.2 Å². The van der Waals surface area contributed by atoms with Crippen LogP contribution in [0, 0.1) is 0 Å². The van der Waals surface area contributed by atoms with Gasteiger partial charge in [0.15, 0.2) is 5.65 Å². The fourth-order valence-electron chi connectivity index (χ4n) is 3.40. The van der Waals surface area contributed by atoms with Crippen LogP contribution in [0.1, 0.15) is 18.2 Å². The predicted molar refractivity (Wildman–Crippen MR) is 119 cm³/mol. The van der Waals surface area contributed by atoms with Gasteiger partial charge < -0.3 is 5.32 Å². The van der Waals surface area contributed by atoms with Crippen LogP contribution in [0.3, 0.4) is 0 Å². The molecule has 31 heavy (non-hydrogen) atoms. The number of nitrogens with zero attached hydrogens (tertiary/aromatic N) is 7. The molecule has 0 aliphatic heterocycles. The molecule has 0 aliphatic carbocycles. The van der Waals surface area contributed by atoms with E-state index in [1.807, 2.05) is 36.4 Å². The van der Waals surface area contributed by atoms with Crippen LogP contribution >= 0.6 is 23.2 Å². The average Bonchev–Trinajstić information content (AvgIpc) is 3.52. The Morgan fingerprint density at radius 1 is 1.10 bits per heavy atom. The molecule has 0 atom stereocenters. The Labute approximate surface area is 187 Å². The quantitative estimate of drug-likeness (QED) is 0.399. The zero-order chi connectivity index (χ0) is 21.4. The van der Waals surface area contributed by atoms with E-state index in [-0.39, 0.29) is 0 Å². The van der Waals surface area contributed by atoms with Crippen molar-refractivity contribution in [1.82, 2.24) is 39.8 Å². The summed E-state index contributed by atoms with van der Waals surface area (Å²) in [5.74, 6) is 1.27. The smallest absolute Gasteiger partial charge is 0.222 e. The minimum atomic E-state index is 0.371. The van der Waals surface area contributed by atoms with Crippen LogP contribution in [0.15, 0.2) is 48.7 Å². The van der Waals surface area contributed by atoms with Crippen LogP contribution in [0.5, 0.6) is 0 Å². The lowest BCUT2D eigenvalue weighted by Crippen LogP contribution is -2.07. The molecule has 9 nitrogen and oxygen atoms in total. The maximum atomic E-state index is 6.42. The lowest BCUT2D eigenvalue weighted by molar-refractivity contribution is 0.881. The van der Waals surface area contributed by atoms with Gasteiger partial charge in [0.25, 0.3) is 0 Å². The number of aromatic nitrogens is 8. The first-order valence-electron chi connectivity index (χ1n) is 9.61. The van der Waals surface area contributed by atoms with Gasteiger partial charge in [-0.15, -0.1) is 10.2 Å². The van der Waals surface area contributed by atoms with E-state index in [1.54, 1.807) is 21.3 Å². The van der Waals surface area contributed by atoms with Crippen molar-refractivity contribution in [2.45, 2.75) is 19.9 Å². The lowest BCUT2D eigenvalue weighted by atomic mass is 10.2. The first-order chi connectivity index (χ1) is 15.1. The number of aryl methyl sites for hydroxylation is 1. The van der Waals surface area contributed by atoms with Crippen molar-refractivity contribution in [3.63, 3.8) is 0 Å². The van der Waals surface area contributed by atoms with Crippen LogP contribution in [0.2, 0.25) is 10.2 Å². The molecule has 0 radical (unpaired) electrons. The standard InChI is InChI=1S/C20H17Cl2N9/c1-2-13-9-18(31-17(25-13)7-8-24-31)23-11-12-3-5-14(6-4-12)30-16(22)10-15(21)19(30)20-26-28-29-27-20/h3-10,23H,2,11H2,1H3,(H,26,27,28,29). The number of rotatable bonds is 6. The fourth-order valence-corrected chi connectivity index (χ4v) is 4.02. The van der Waals surface area contributed by atoms with Crippen LogP contribution in [0.25, 0.3) is 22.9 Å². The summed E-state index contributed by atoms with van der Waals surface area (Å²) in [4.78, 5) is 4.57. The molecule has 4 heterocycles. The summed E-state index contributed by atoms with van der Waals surface area (Å²) in [6, 6.07) is 13.6. The fraction of sp³-hybridized carbons (Fsp3) is 0.150. The third kappa shape index (κ3) is 3.62. The van der Waals surface area contributed by atoms with Gasteiger partial charge in [-0.3, -0.25) is 4.57 Å². The molecule has 4 aromatic heterocycles. The van der Waals surface area contributed by atoms with Crippen LogP contribution < -0.4 is 5.32 Å². The normalized spacial score (nSPS) is 11.3. The molecular formula is C20H17Cl2N9. The van der Waals surface area contributed by atoms with Crippen LogP contribution in [-0.2, 0) is 13.0 Å². The number of anilines is 1. The maximum absolute atomic E-state index is 6.42. The zero-order valence-corrected chi connectivity index (χ0v) is 17.9. The maximum Gasteiger partial charge on any atom is 0.222 e. The second-order valence-corrected chi connectivity index (χ2v) is 7.64. The van der Waals surface area contributed by atoms with Crippen molar-refractivity contribution in [2.75, 3.05) is 5.32 Å². The largest absolute Gasteiger partial charge is 0.366 e. The number of halogens is 2. The molecule has 2 N–H and O–H groups in total. The Kier molecular flexibility index (Phi) is 5.05. The van der Waals surface area contributed by atoms with E-state index in [1.165, 1.54) is 0 Å². The number of tetrazole rings is 1. The molecule has 1 aromatic carbocycles. The molecule has 11 heteroatoms. The monoisotopic (exact) mass is 453 g/mol. The van der Waals surface area contributed by atoms with Crippen molar-refractivity contribution >= 4 is 34.7 Å². The highest BCUT2D eigenvalue weighted by Crippen LogP contribution is 2.34. The number of benzene rings is 1. The van der Waals surface area contributed by atoms with E-state index in [9.17, 15) is 0 Å². The molecule has 5 rings (SSSR count). The summed E-state index contributed by atoms with van der Waals surface area (Å²) in [5, 5.41) is 22.8. The second kappa shape index (κ2) is 8.01. The molecule has 0 unspecified atom stereocenters. The molecule has 0 saturated carbocycles. The summed E-state index contributed by atoms with van der Waals surface area (Å²) < 4.78 is 3.59. The van der Waals surface area contributed by atoms with E-state index in [2.05, 4.69) is 42.9 Å². The van der Waals surface area contributed by atoms with Gasteiger partial charge >= 0.3 is 0 Å². The Morgan fingerprint density at radius 3 is 2.68 bits per heavy atom. The summed E-state index contributed by atoms with van der Waals surface area (Å²) in [6.07, 6.45) is 2.60. The topological polar surface area (TPSA) is 102 Å². The van der Waals surface area contributed by atoms with Gasteiger partial charge in [0.05, 0.1) is 11.2 Å². The van der Waals surface area contributed by atoms with Gasteiger partial charge in [-0.2, -0.15) is 14.8 Å². The summed E-state index contributed by atoms with van der Waals surface area (Å²) in [5.41, 5.74) is 4.35. The van der Waals surface area contributed by atoms with Crippen molar-refractivity contribution in [3.05, 3.63) is 70.1 Å². The molecule has 0 saturated heterocycles. The third-order valence-corrected chi connectivity index (χ3v) is 5.48. The average molecular weight is 454 g/mol. The van der Waals surface area contributed by atoms with Gasteiger partial charge in [0, 0.05) is 30.1 Å². The van der Waals surface area contributed by atoms with Crippen molar-refractivity contribution < 1.29 is 0 Å².